The molecule has 1 aromatic heterocycles. The minimum Gasteiger partial charge on any atom is -0.316 e. The normalized spacial score (nSPS) is 20.4. The molecule has 2 heterocycles. The number of nitrogens with zero attached hydrogens (tertiary/aromatic N) is 2. The van der Waals surface area contributed by atoms with Gasteiger partial charge in [-0.15, -0.1) is 0 Å². The van der Waals surface area contributed by atoms with E-state index in [1.54, 1.807) is 0 Å². The Labute approximate surface area is 111 Å². The zero-order valence-corrected chi connectivity index (χ0v) is 11.7. The molecule has 1 N–H and O–H groups in total. The molecule has 1 fully saturated rings. The van der Waals surface area contributed by atoms with Crippen molar-refractivity contribution in [3.63, 3.8) is 0 Å². The third kappa shape index (κ3) is 3.79. The number of rotatable bonds is 6. The van der Waals surface area contributed by atoms with E-state index in [1.165, 1.54) is 43.6 Å². The van der Waals surface area contributed by atoms with Crippen LogP contribution in [0.15, 0.2) is 18.5 Å². The van der Waals surface area contributed by atoms with Crippen LogP contribution in [0, 0.1) is 12.8 Å². The molecular weight excluding hydrogens is 222 g/mol. The van der Waals surface area contributed by atoms with Crippen LogP contribution in [0.5, 0.6) is 0 Å². The standard InChI is InChI=1S/C15H25N3/c1-3-6-16-9-14-5-8-18(11-14)12-15-10-17-7-4-13(15)2/h4,7,10,14,16H,3,5-6,8-9,11-12H2,1-2H3. The van der Waals surface area contributed by atoms with Crippen LogP contribution in [-0.4, -0.2) is 36.1 Å². The minimum absolute atomic E-state index is 0.827. The molecule has 0 radical (unpaired) electrons. The molecule has 1 atom stereocenters. The van der Waals surface area contributed by atoms with Crippen LogP contribution in [0.3, 0.4) is 0 Å². The van der Waals surface area contributed by atoms with Gasteiger partial charge in [-0.25, -0.2) is 0 Å². The smallest absolute Gasteiger partial charge is 0.0315 e. The molecule has 0 aromatic carbocycles. The van der Waals surface area contributed by atoms with Crippen molar-refractivity contribution >= 4 is 0 Å². The van der Waals surface area contributed by atoms with Crippen molar-refractivity contribution in [2.24, 2.45) is 5.92 Å². The molecule has 1 aliphatic rings. The van der Waals surface area contributed by atoms with E-state index in [0.717, 1.165) is 19.0 Å². The van der Waals surface area contributed by atoms with Gasteiger partial charge < -0.3 is 5.32 Å². The maximum absolute atomic E-state index is 4.23. The SMILES string of the molecule is CCCNCC1CCN(Cc2cnccc2C)C1. The van der Waals surface area contributed by atoms with Crippen LogP contribution in [0.1, 0.15) is 30.9 Å². The number of aryl methyl sites for hydroxylation is 1. The van der Waals surface area contributed by atoms with Crippen LogP contribution < -0.4 is 5.32 Å². The fourth-order valence-corrected chi connectivity index (χ4v) is 2.61. The molecule has 0 saturated carbocycles. The van der Waals surface area contributed by atoms with Crippen molar-refractivity contribution in [3.8, 4) is 0 Å². The molecule has 100 valence electrons. The fourth-order valence-electron chi connectivity index (χ4n) is 2.61. The summed E-state index contributed by atoms with van der Waals surface area (Å²) < 4.78 is 0. The molecule has 0 amide bonds. The van der Waals surface area contributed by atoms with Gasteiger partial charge in [0, 0.05) is 25.5 Å². The van der Waals surface area contributed by atoms with Crippen molar-refractivity contribution in [1.82, 2.24) is 15.2 Å². The van der Waals surface area contributed by atoms with E-state index in [-0.39, 0.29) is 0 Å². The molecule has 1 aliphatic heterocycles. The Bertz CT molecular complexity index is 365. The summed E-state index contributed by atoms with van der Waals surface area (Å²) in [4.78, 5) is 6.79. The molecule has 1 aromatic rings. The molecule has 1 saturated heterocycles. The third-order valence-electron chi connectivity index (χ3n) is 3.77. The van der Waals surface area contributed by atoms with Gasteiger partial charge in [0.2, 0.25) is 0 Å². The highest BCUT2D eigenvalue weighted by molar-refractivity contribution is 5.21. The lowest BCUT2D eigenvalue weighted by molar-refractivity contribution is 0.313. The van der Waals surface area contributed by atoms with Crippen LogP contribution >= 0.6 is 0 Å². The van der Waals surface area contributed by atoms with Crippen LogP contribution in [0.2, 0.25) is 0 Å². The summed E-state index contributed by atoms with van der Waals surface area (Å²) in [5.74, 6) is 0.827. The molecule has 3 nitrogen and oxygen atoms in total. The predicted octanol–water partition coefficient (Wildman–Crippen LogP) is 2.21. The summed E-state index contributed by atoms with van der Waals surface area (Å²) in [5.41, 5.74) is 2.73. The topological polar surface area (TPSA) is 28.2 Å². The largest absolute Gasteiger partial charge is 0.316 e. The molecule has 3 heteroatoms. The Balaban J connectivity index is 1.77. The second-order valence-electron chi connectivity index (χ2n) is 5.40. The Hall–Kier alpha value is -0.930. The lowest BCUT2D eigenvalue weighted by Crippen LogP contribution is -2.27. The molecule has 0 bridgehead atoms. The second-order valence-corrected chi connectivity index (χ2v) is 5.40. The van der Waals surface area contributed by atoms with Gasteiger partial charge in [0.15, 0.2) is 0 Å². The number of pyridine rings is 1. The van der Waals surface area contributed by atoms with E-state index < -0.39 is 0 Å². The first-order valence-corrected chi connectivity index (χ1v) is 7.12. The van der Waals surface area contributed by atoms with Gasteiger partial charge in [-0.05, 0) is 62.5 Å². The zero-order chi connectivity index (χ0) is 12.8. The van der Waals surface area contributed by atoms with Gasteiger partial charge >= 0.3 is 0 Å². The van der Waals surface area contributed by atoms with Crippen LogP contribution in [-0.2, 0) is 6.54 Å². The molecule has 2 rings (SSSR count). The van der Waals surface area contributed by atoms with Crippen molar-refractivity contribution in [3.05, 3.63) is 29.6 Å². The fraction of sp³-hybridized carbons (Fsp3) is 0.667. The molecule has 1 unspecified atom stereocenters. The maximum atomic E-state index is 4.23. The van der Waals surface area contributed by atoms with Gasteiger partial charge in [-0.1, -0.05) is 6.92 Å². The van der Waals surface area contributed by atoms with Crippen molar-refractivity contribution in [2.75, 3.05) is 26.2 Å². The lowest BCUT2D eigenvalue weighted by Gasteiger charge is -2.17. The van der Waals surface area contributed by atoms with E-state index in [2.05, 4.69) is 35.1 Å². The Morgan fingerprint density at radius 2 is 2.39 bits per heavy atom. The molecule has 18 heavy (non-hydrogen) atoms. The minimum atomic E-state index is 0.827. The first-order valence-electron chi connectivity index (χ1n) is 7.12. The van der Waals surface area contributed by atoms with E-state index in [0.29, 0.717) is 0 Å². The first kappa shape index (κ1) is 13.5. The van der Waals surface area contributed by atoms with E-state index in [9.17, 15) is 0 Å². The van der Waals surface area contributed by atoms with Crippen LogP contribution in [0.25, 0.3) is 0 Å². The number of aromatic nitrogens is 1. The number of hydrogen-bond acceptors (Lipinski definition) is 3. The van der Waals surface area contributed by atoms with Crippen molar-refractivity contribution < 1.29 is 0 Å². The predicted molar refractivity (Wildman–Crippen MR) is 75.5 cm³/mol. The average molecular weight is 247 g/mol. The maximum Gasteiger partial charge on any atom is 0.0315 e. The summed E-state index contributed by atoms with van der Waals surface area (Å²) >= 11 is 0. The highest BCUT2D eigenvalue weighted by Gasteiger charge is 2.22. The summed E-state index contributed by atoms with van der Waals surface area (Å²) in [6.45, 7) is 10.2. The van der Waals surface area contributed by atoms with E-state index in [1.807, 2.05) is 12.4 Å². The number of likely N-dealkylation sites (tertiary alicyclic amines) is 1. The summed E-state index contributed by atoms with van der Waals surface area (Å²) in [7, 11) is 0. The van der Waals surface area contributed by atoms with Gasteiger partial charge in [-0.3, -0.25) is 9.88 Å². The van der Waals surface area contributed by atoms with Crippen LogP contribution in [0.4, 0.5) is 0 Å². The Morgan fingerprint density at radius 3 is 3.17 bits per heavy atom. The number of nitrogens with one attached hydrogen (secondary N) is 1. The summed E-state index contributed by atoms with van der Waals surface area (Å²) in [5, 5.41) is 3.53. The van der Waals surface area contributed by atoms with Crippen molar-refractivity contribution in [2.45, 2.75) is 33.2 Å². The highest BCUT2D eigenvalue weighted by atomic mass is 15.1. The average Bonchev–Trinajstić information content (AvgIpc) is 2.80. The first-order chi connectivity index (χ1) is 8.79. The third-order valence-corrected chi connectivity index (χ3v) is 3.77. The molecule has 0 aliphatic carbocycles. The van der Waals surface area contributed by atoms with E-state index >= 15 is 0 Å². The zero-order valence-electron chi connectivity index (χ0n) is 11.7. The Morgan fingerprint density at radius 1 is 1.50 bits per heavy atom. The van der Waals surface area contributed by atoms with Crippen molar-refractivity contribution in [1.29, 1.82) is 0 Å². The van der Waals surface area contributed by atoms with E-state index in [4.69, 9.17) is 0 Å². The summed E-state index contributed by atoms with van der Waals surface area (Å²) in [6.07, 6.45) is 6.44. The monoisotopic (exact) mass is 247 g/mol. The lowest BCUT2D eigenvalue weighted by atomic mass is 10.1. The molecular formula is C15H25N3. The number of hydrogen-bond donors (Lipinski definition) is 1. The van der Waals surface area contributed by atoms with Gasteiger partial charge in [0.05, 0.1) is 0 Å². The summed E-state index contributed by atoms with van der Waals surface area (Å²) in [6, 6.07) is 2.10. The van der Waals surface area contributed by atoms with Gasteiger partial charge in [-0.2, -0.15) is 0 Å². The van der Waals surface area contributed by atoms with Gasteiger partial charge in [0.1, 0.15) is 0 Å². The van der Waals surface area contributed by atoms with Gasteiger partial charge in [0.25, 0.3) is 0 Å². The second kappa shape index (κ2) is 6.86. The highest BCUT2D eigenvalue weighted by Crippen LogP contribution is 2.19. The Kier molecular flexibility index (Phi) is 5.14. The quantitative estimate of drug-likeness (QED) is 0.781. The molecule has 0 spiro atoms.